The van der Waals surface area contributed by atoms with Crippen LogP contribution in [0.4, 0.5) is 4.39 Å². The van der Waals surface area contributed by atoms with Crippen molar-refractivity contribution in [1.82, 2.24) is 19.4 Å². The molecule has 2 aromatic rings. The van der Waals surface area contributed by atoms with Crippen LogP contribution in [0.1, 0.15) is 34.8 Å². The van der Waals surface area contributed by atoms with Gasteiger partial charge >= 0.3 is 5.56 Å². The summed E-state index contributed by atoms with van der Waals surface area (Å²) in [4.78, 5) is 32.4. The maximum absolute atomic E-state index is 13.1. The molecule has 1 aromatic carbocycles. The number of amides is 1. The first-order valence-electron chi connectivity index (χ1n) is 8.33. The Morgan fingerprint density at radius 1 is 1.23 bits per heavy atom. The molecule has 138 valence electrons. The number of benzene rings is 1. The van der Waals surface area contributed by atoms with Gasteiger partial charge in [0.25, 0.3) is 5.91 Å². The number of halogens is 1. The molecule has 1 aliphatic rings. The second-order valence-corrected chi connectivity index (χ2v) is 6.62. The van der Waals surface area contributed by atoms with E-state index in [1.807, 2.05) is 25.9 Å². The molecule has 0 aliphatic carbocycles. The van der Waals surface area contributed by atoms with Crippen LogP contribution in [0, 0.1) is 5.82 Å². The lowest BCUT2D eigenvalue weighted by molar-refractivity contribution is 0.0676. The molecule has 1 aromatic heterocycles. The molecule has 0 saturated heterocycles. The lowest BCUT2D eigenvalue weighted by Crippen LogP contribution is -2.43. The second kappa shape index (κ2) is 6.87. The summed E-state index contributed by atoms with van der Waals surface area (Å²) in [5, 5.41) is 10.2. The molecule has 3 rings (SSSR count). The fourth-order valence-electron chi connectivity index (χ4n) is 2.99. The summed E-state index contributed by atoms with van der Waals surface area (Å²) >= 11 is 0. The van der Waals surface area contributed by atoms with Crippen LogP contribution >= 0.6 is 0 Å². The molecule has 2 heterocycles. The van der Waals surface area contributed by atoms with Crippen LogP contribution in [-0.2, 0) is 13.1 Å². The molecular formula is C18H21FN4O3. The van der Waals surface area contributed by atoms with Gasteiger partial charge in [0.2, 0.25) is 5.75 Å². The summed E-state index contributed by atoms with van der Waals surface area (Å²) in [6.45, 7) is 2.96. The topological polar surface area (TPSA) is 78.7 Å². The Labute approximate surface area is 150 Å². The zero-order chi connectivity index (χ0) is 19.0. The standard InChI is InChI=1S/C18H21FN4O3/c1-11(21(2)3)16-20-17(25)15(24)14-18(26)22(8-9-23(14)16)10-12-4-6-13(19)7-5-12/h4-7,11,24H,8-10H2,1-3H3. The van der Waals surface area contributed by atoms with Crippen molar-refractivity contribution in [2.24, 2.45) is 0 Å². The van der Waals surface area contributed by atoms with Crippen LogP contribution < -0.4 is 5.56 Å². The average molecular weight is 360 g/mol. The molecule has 0 fully saturated rings. The van der Waals surface area contributed by atoms with Crippen molar-refractivity contribution in [2.45, 2.75) is 26.1 Å². The molecule has 0 radical (unpaired) electrons. The Hall–Kier alpha value is -2.74. The van der Waals surface area contributed by atoms with E-state index in [0.29, 0.717) is 18.9 Å². The highest BCUT2D eigenvalue weighted by molar-refractivity contribution is 5.95. The quantitative estimate of drug-likeness (QED) is 0.891. The molecule has 1 unspecified atom stereocenters. The number of rotatable bonds is 4. The van der Waals surface area contributed by atoms with Gasteiger partial charge in [0.05, 0.1) is 6.04 Å². The fraction of sp³-hybridized carbons (Fsp3) is 0.389. The summed E-state index contributed by atoms with van der Waals surface area (Å²) in [7, 11) is 3.70. The van der Waals surface area contributed by atoms with Crippen LogP contribution in [-0.4, -0.2) is 51.0 Å². The highest BCUT2D eigenvalue weighted by Crippen LogP contribution is 2.25. The van der Waals surface area contributed by atoms with Gasteiger partial charge in [-0.3, -0.25) is 14.5 Å². The van der Waals surface area contributed by atoms with Gasteiger partial charge in [-0.1, -0.05) is 12.1 Å². The minimum atomic E-state index is -0.808. The predicted molar refractivity (Wildman–Crippen MR) is 93.4 cm³/mol. The van der Waals surface area contributed by atoms with E-state index in [1.54, 1.807) is 16.7 Å². The van der Waals surface area contributed by atoms with Crippen LogP contribution in [0.3, 0.4) is 0 Å². The molecule has 0 saturated carbocycles. The predicted octanol–water partition coefficient (Wildman–Crippen LogP) is 1.37. The van der Waals surface area contributed by atoms with Crippen molar-refractivity contribution >= 4 is 5.91 Å². The number of nitrogens with zero attached hydrogens (tertiary/aromatic N) is 4. The number of aromatic nitrogens is 2. The van der Waals surface area contributed by atoms with E-state index in [0.717, 1.165) is 5.56 Å². The van der Waals surface area contributed by atoms with E-state index in [1.165, 1.54) is 17.0 Å². The van der Waals surface area contributed by atoms with Crippen LogP contribution in [0.15, 0.2) is 29.1 Å². The van der Waals surface area contributed by atoms with Crippen LogP contribution in [0.25, 0.3) is 0 Å². The Balaban J connectivity index is 1.99. The summed E-state index contributed by atoms with van der Waals surface area (Å²) in [5.41, 5.74) is -0.0787. The number of fused-ring (bicyclic) bond motifs is 1. The summed E-state index contributed by atoms with van der Waals surface area (Å²) in [5.74, 6) is -0.970. The van der Waals surface area contributed by atoms with E-state index >= 15 is 0 Å². The maximum Gasteiger partial charge on any atom is 0.315 e. The van der Waals surface area contributed by atoms with Crippen molar-refractivity contribution in [3.05, 3.63) is 57.5 Å². The molecule has 7 nitrogen and oxygen atoms in total. The first-order valence-corrected chi connectivity index (χ1v) is 8.33. The molecule has 8 heteroatoms. The number of carbonyl (C=O) groups excluding carboxylic acids is 1. The normalized spacial score (nSPS) is 15.3. The summed E-state index contributed by atoms with van der Waals surface area (Å²) in [6, 6.07) is 5.69. The molecule has 1 atom stereocenters. The second-order valence-electron chi connectivity index (χ2n) is 6.62. The first kappa shape index (κ1) is 18.1. The molecule has 26 heavy (non-hydrogen) atoms. The maximum atomic E-state index is 13.1. The third-order valence-electron chi connectivity index (χ3n) is 4.71. The van der Waals surface area contributed by atoms with Gasteiger partial charge in [-0.15, -0.1) is 0 Å². The van der Waals surface area contributed by atoms with Gasteiger partial charge in [0.1, 0.15) is 11.6 Å². The number of carbonyl (C=O) groups is 1. The van der Waals surface area contributed by atoms with Crippen LogP contribution in [0.2, 0.25) is 0 Å². The fourth-order valence-corrected chi connectivity index (χ4v) is 2.99. The monoisotopic (exact) mass is 360 g/mol. The molecule has 1 aliphatic heterocycles. The Morgan fingerprint density at radius 2 is 1.88 bits per heavy atom. The smallest absolute Gasteiger partial charge is 0.315 e. The van der Waals surface area contributed by atoms with Crippen LogP contribution in [0.5, 0.6) is 5.75 Å². The minimum Gasteiger partial charge on any atom is -0.501 e. The summed E-state index contributed by atoms with van der Waals surface area (Å²) in [6.07, 6.45) is 0. The van der Waals surface area contributed by atoms with Gasteiger partial charge in [-0.05, 0) is 38.7 Å². The van der Waals surface area contributed by atoms with E-state index in [9.17, 15) is 19.1 Å². The zero-order valence-corrected chi connectivity index (χ0v) is 14.9. The van der Waals surface area contributed by atoms with Crippen molar-refractivity contribution in [2.75, 3.05) is 20.6 Å². The molecule has 1 N–H and O–H groups in total. The third-order valence-corrected chi connectivity index (χ3v) is 4.71. The van der Waals surface area contributed by atoms with E-state index in [4.69, 9.17) is 0 Å². The largest absolute Gasteiger partial charge is 0.501 e. The summed E-state index contributed by atoms with van der Waals surface area (Å²) < 4.78 is 14.7. The number of hydrogen-bond donors (Lipinski definition) is 1. The minimum absolute atomic E-state index is 0.0398. The highest BCUT2D eigenvalue weighted by atomic mass is 19.1. The van der Waals surface area contributed by atoms with Gasteiger partial charge in [0.15, 0.2) is 5.69 Å². The SMILES string of the molecule is CC(c1nc(=O)c(O)c2n1CCN(Cc1ccc(F)cc1)C2=O)N(C)C. The lowest BCUT2D eigenvalue weighted by atomic mass is 10.1. The van der Waals surface area contributed by atoms with Gasteiger partial charge in [-0.2, -0.15) is 4.98 Å². The molecule has 0 spiro atoms. The highest BCUT2D eigenvalue weighted by Gasteiger charge is 2.32. The Bertz CT molecular complexity index is 893. The Morgan fingerprint density at radius 3 is 2.50 bits per heavy atom. The lowest BCUT2D eigenvalue weighted by Gasteiger charge is -2.33. The van der Waals surface area contributed by atoms with Gasteiger partial charge < -0.3 is 14.6 Å². The van der Waals surface area contributed by atoms with Crippen molar-refractivity contribution in [3.63, 3.8) is 0 Å². The average Bonchev–Trinajstić information content (AvgIpc) is 2.61. The van der Waals surface area contributed by atoms with Gasteiger partial charge in [0, 0.05) is 19.6 Å². The Kier molecular flexibility index (Phi) is 4.78. The van der Waals surface area contributed by atoms with E-state index in [2.05, 4.69) is 4.98 Å². The number of hydrogen-bond acceptors (Lipinski definition) is 5. The first-order chi connectivity index (χ1) is 12.3. The zero-order valence-electron chi connectivity index (χ0n) is 14.9. The van der Waals surface area contributed by atoms with E-state index < -0.39 is 17.2 Å². The molecular weight excluding hydrogens is 339 g/mol. The molecule has 0 bridgehead atoms. The molecule has 1 amide bonds. The van der Waals surface area contributed by atoms with E-state index in [-0.39, 0.29) is 24.1 Å². The number of aromatic hydroxyl groups is 1. The van der Waals surface area contributed by atoms with Crippen molar-refractivity contribution in [1.29, 1.82) is 0 Å². The van der Waals surface area contributed by atoms with Gasteiger partial charge in [-0.25, -0.2) is 4.39 Å². The third kappa shape index (κ3) is 3.20. The van der Waals surface area contributed by atoms with Crippen molar-refractivity contribution < 1.29 is 14.3 Å². The van der Waals surface area contributed by atoms with Crippen molar-refractivity contribution in [3.8, 4) is 5.75 Å².